The molecule has 0 radical (unpaired) electrons. The van der Waals surface area contributed by atoms with Crippen molar-refractivity contribution in [3.05, 3.63) is 425 Å². The lowest BCUT2D eigenvalue weighted by Crippen LogP contribution is -2.01. The summed E-state index contributed by atoms with van der Waals surface area (Å²) in [4.78, 5) is 29.8. The summed E-state index contributed by atoms with van der Waals surface area (Å²) in [6, 6.07) is 149. The zero-order valence-corrected chi connectivity index (χ0v) is 67.7. The average Bonchev–Trinajstić information content (AvgIpc) is 1.58. The Hall–Kier alpha value is -17.2. The number of benzene rings is 18. The minimum Gasteiger partial charge on any atom is -0.454 e. The van der Waals surface area contributed by atoms with Gasteiger partial charge in [0.1, 0.15) is 11.2 Å². The second-order valence-electron chi connectivity index (χ2n) is 32.0. The van der Waals surface area contributed by atoms with Crippen molar-refractivity contribution < 1.29 is 8.83 Å². The zero-order chi connectivity index (χ0) is 82.9. The summed E-state index contributed by atoms with van der Waals surface area (Å²) in [5.74, 6) is 3.83. The third-order valence-electron chi connectivity index (χ3n) is 24.8. The van der Waals surface area contributed by atoms with Crippen LogP contribution < -0.4 is 0 Å². The first-order valence-corrected chi connectivity index (χ1v) is 42.4. The summed E-state index contributed by atoms with van der Waals surface area (Å²) < 4.78 is 22.5. The van der Waals surface area contributed by atoms with Crippen LogP contribution >= 0.6 is 0 Å². The summed E-state index contributed by atoms with van der Waals surface area (Å²) in [5.41, 5.74) is 27.1. The summed E-state index contributed by atoms with van der Waals surface area (Å²) in [6.45, 7) is 0. The summed E-state index contributed by atoms with van der Waals surface area (Å²) in [5, 5.41) is 14.1. The van der Waals surface area contributed by atoms with Crippen LogP contribution in [0.5, 0.6) is 0 Å². The predicted molar refractivity (Wildman–Crippen MR) is 515 cm³/mol. The highest BCUT2D eigenvalue weighted by atomic mass is 16.3. The number of para-hydroxylation sites is 8. The molecule has 12 heteroatoms. The second-order valence-corrected chi connectivity index (χ2v) is 32.0. The maximum atomic E-state index is 6.55. The van der Waals surface area contributed by atoms with Crippen LogP contribution in [0.25, 0.3) is 244 Å². The second kappa shape index (κ2) is 29.3. The molecule has 0 unspecified atom stereocenters. The van der Waals surface area contributed by atoms with E-state index in [-0.39, 0.29) is 0 Å². The lowest BCUT2D eigenvalue weighted by Gasteiger charge is -2.12. The van der Waals surface area contributed by atoms with Gasteiger partial charge < -0.3 is 27.1 Å². The first-order valence-electron chi connectivity index (χ1n) is 42.4. The third-order valence-corrected chi connectivity index (χ3v) is 24.8. The van der Waals surface area contributed by atoms with Gasteiger partial charge in [-0.3, -0.25) is 0 Å². The van der Waals surface area contributed by atoms with Crippen LogP contribution in [0.2, 0.25) is 0 Å². The molecule has 12 nitrogen and oxygen atoms in total. The van der Waals surface area contributed by atoms with Crippen LogP contribution in [0.15, 0.2) is 433 Å². The Morgan fingerprint density at radius 1 is 0.151 bits per heavy atom. The van der Waals surface area contributed by atoms with Crippen molar-refractivity contribution >= 4 is 131 Å². The normalized spacial score (nSPS) is 11.8. The highest BCUT2D eigenvalue weighted by molar-refractivity contribution is 6.17. The fourth-order valence-electron chi connectivity index (χ4n) is 18.9. The molecule has 0 aliphatic carbocycles. The number of hydrogen-bond acceptors (Lipinski definition) is 8. The zero-order valence-electron chi connectivity index (χ0n) is 67.7. The van der Waals surface area contributed by atoms with E-state index in [9.17, 15) is 0 Å². The van der Waals surface area contributed by atoms with E-state index in [0.717, 1.165) is 166 Å². The van der Waals surface area contributed by atoms with Crippen molar-refractivity contribution in [2.45, 2.75) is 0 Å². The largest absolute Gasteiger partial charge is 0.454 e. The molecule has 0 fully saturated rings. The molecule has 588 valence electrons. The van der Waals surface area contributed by atoms with Crippen LogP contribution in [0, 0.1) is 0 Å². The molecule has 0 saturated carbocycles. The van der Waals surface area contributed by atoms with Gasteiger partial charge >= 0.3 is 0 Å². The van der Waals surface area contributed by atoms with Crippen LogP contribution in [-0.4, -0.2) is 48.2 Å². The molecule has 26 rings (SSSR count). The van der Waals surface area contributed by atoms with E-state index < -0.39 is 0 Å². The molecule has 0 spiro atoms. The summed E-state index contributed by atoms with van der Waals surface area (Å²) in [7, 11) is 0. The van der Waals surface area contributed by atoms with Crippen molar-refractivity contribution in [1.82, 2.24) is 48.2 Å². The Balaban J connectivity index is 0.000000137. The molecule has 0 bridgehead atoms. The smallest absolute Gasteiger partial charge is 0.164 e. The number of rotatable bonds is 12. The Bertz CT molecular complexity index is 8730. The van der Waals surface area contributed by atoms with Crippen molar-refractivity contribution in [3.63, 3.8) is 0 Å². The van der Waals surface area contributed by atoms with Gasteiger partial charge in [-0.05, 0) is 156 Å². The van der Waals surface area contributed by atoms with Gasteiger partial charge in [0.05, 0.1) is 55.5 Å². The van der Waals surface area contributed by atoms with Gasteiger partial charge in [0, 0.05) is 109 Å². The van der Waals surface area contributed by atoms with E-state index in [1.54, 1.807) is 0 Å². The first kappa shape index (κ1) is 71.7. The summed E-state index contributed by atoms with van der Waals surface area (Å²) in [6.07, 6.45) is 0. The molecular formula is C114H70N10O2. The summed E-state index contributed by atoms with van der Waals surface area (Å²) >= 11 is 0. The van der Waals surface area contributed by atoms with E-state index >= 15 is 0 Å². The number of nitrogens with zero attached hydrogens (tertiary/aromatic N) is 10. The van der Waals surface area contributed by atoms with E-state index in [1.165, 1.54) is 43.1 Å². The SMILES string of the molecule is c1ccc(-c2nc(-c3ccccc3)nc(-c3ccc(-n4c5ccccc5c5cc(-c6ccc7c(c6)c6ccccc6n7-c6cccc7c6oc6ccccc67)ccc54)cc3)n2)cc1.c1ccc(-c2nc(-c3ccccc3)nc(-c3cccc(-n4c5ccccc5c5cc(-c6ccc7c(c6)c6ccccc6n7-c6cccc7c6oc6ccccc67)ccc54)c3)n2)cc1. The van der Waals surface area contributed by atoms with E-state index in [2.05, 4.69) is 297 Å². The molecule has 0 atom stereocenters. The highest BCUT2D eigenvalue weighted by Gasteiger charge is 2.25. The monoisotopic (exact) mass is 1610 g/mol. The molecule has 8 heterocycles. The fourth-order valence-corrected chi connectivity index (χ4v) is 18.9. The van der Waals surface area contributed by atoms with Gasteiger partial charge in [0.15, 0.2) is 46.1 Å². The number of furan rings is 2. The van der Waals surface area contributed by atoms with Gasteiger partial charge in [-0.15, -0.1) is 0 Å². The topological polar surface area (TPSA) is 123 Å². The quantitative estimate of drug-likeness (QED) is 0.118. The minimum atomic E-state index is 0.624. The van der Waals surface area contributed by atoms with Crippen molar-refractivity contribution in [3.8, 4) is 113 Å². The van der Waals surface area contributed by atoms with Gasteiger partial charge in [-0.25, -0.2) is 29.9 Å². The number of hydrogen-bond donors (Lipinski definition) is 0. The van der Waals surface area contributed by atoms with Gasteiger partial charge in [-0.1, -0.05) is 291 Å². The molecule has 0 saturated heterocycles. The van der Waals surface area contributed by atoms with Crippen LogP contribution in [0.1, 0.15) is 0 Å². The minimum absolute atomic E-state index is 0.624. The van der Waals surface area contributed by atoms with E-state index in [4.69, 9.17) is 38.7 Å². The molecule has 26 aromatic rings. The lowest BCUT2D eigenvalue weighted by molar-refractivity contribution is 0.666. The molecule has 18 aromatic carbocycles. The molecule has 0 aliphatic heterocycles. The molecule has 8 aromatic heterocycles. The van der Waals surface area contributed by atoms with E-state index in [1.807, 2.05) is 146 Å². The lowest BCUT2D eigenvalue weighted by atomic mass is 10.0. The van der Waals surface area contributed by atoms with Crippen molar-refractivity contribution in [2.75, 3.05) is 0 Å². The standard InChI is InChI=1S/2C57H35N5O/c1-3-15-36(16-4-1)55-58-56(37-17-5-2-6-18-37)60-57(59-55)40-19-13-20-41(33-40)61-48-25-10-7-21-42(48)46-34-38(29-31-50(46)61)39-30-32-51-47(35-39)43-22-8-11-26-49(43)62(51)52-27-14-24-45-44-23-9-12-28-53(44)63-54(45)52;1-3-14-36(15-4-1)55-58-56(37-16-5-2-6-17-37)60-57(59-55)38-26-30-41(31-27-38)61-48-22-10-7-18-42(48)46-34-39(28-32-50(46)61)40-29-33-51-47(35-40)43-19-8-11-23-49(43)62(51)52-24-13-21-45-44-20-9-12-25-53(44)63-54(45)52/h2*1-35H. The van der Waals surface area contributed by atoms with Gasteiger partial charge in [0.25, 0.3) is 0 Å². The average molecular weight is 1610 g/mol. The van der Waals surface area contributed by atoms with Gasteiger partial charge in [0.2, 0.25) is 0 Å². The number of fused-ring (bicyclic) bond motifs is 18. The maximum Gasteiger partial charge on any atom is 0.164 e. The third kappa shape index (κ3) is 11.9. The molecule has 0 aliphatic rings. The van der Waals surface area contributed by atoms with Crippen LogP contribution in [-0.2, 0) is 0 Å². The Morgan fingerprint density at radius 2 is 0.405 bits per heavy atom. The highest BCUT2D eigenvalue weighted by Crippen LogP contribution is 2.45. The predicted octanol–water partition coefficient (Wildman–Crippen LogP) is 29.3. The van der Waals surface area contributed by atoms with Crippen molar-refractivity contribution in [2.24, 2.45) is 0 Å². The van der Waals surface area contributed by atoms with Crippen molar-refractivity contribution in [1.29, 1.82) is 0 Å². The fraction of sp³-hybridized carbons (Fsp3) is 0. The molecule has 126 heavy (non-hydrogen) atoms. The van der Waals surface area contributed by atoms with Crippen LogP contribution in [0.3, 0.4) is 0 Å². The Morgan fingerprint density at radius 3 is 0.770 bits per heavy atom. The molecule has 0 amide bonds. The Kier molecular flexibility index (Phi) is 16.7. The molecular weight excluding hydrogens is 1540 g/mol. The van der Waals surface area contributed by atoms with Crippen LogP contribution in [0.4, 0.5) is 0 Å². The van der Waals surface area contributed by atoms with E-state index in [0.29, 0.717) is 34.9 Å². The first-order chi connectivity index (χ1) is 62.5. The Labute approximate surface area is 721 Å². The number of aromatic nitrogens is 10. The van der Waals surface area contributed by atoms with Gasteiger partial charge in [-0.2, -0.15) is 0 Å². The molecule has 0 N–H and O–H groups in total. The maximum absolute atomic E-state index is 6.55.